The molecule has 1 aromatic carbocycles. The molecule has 110 valence electrons. The van der Waals surface area contributed by atoms with E-state index in [1.807, 2.05) is 49.6 Å². The number of hydrogen-bond acceptors (Lipinski definition) is 3. The van der Waals surface area contributed by atoms with Gasteiger partial charge in [0.15, 0.2) is 5.78 Å². The molecule has 0 aliphatic rings. The lowest BCUT2D eigenvalue weighted by atomic mass is 10.1. The topological polar surface area (TPSA) is 30.0 Å². The Balaban J connectivity index is 1.93. The summed E-state index contributed by atoms with van der Waals surface area (Å²) in [5, 5.41) is 3.38. The van der Waals surface area contributed by atoms with Crippen molar-refractivity contribution >= 4 is 45.7 Å². The third-order valence-electron chi connectivity index (χ3n) is 3.34. The Kier molecular flexibility index (Phi) is 4.10. The first-order valence-corrected chi connectivity index (χ1v) is 8.13. The van der Waals surface area contributed by atoms with Gasteiger partial charge in [-0.25, -0.2) is 4.98 Å². The monoisotopic (exact) mass is 327 g/mol. The molecule has 22 heavy (non-hydrogen) atoms. The number of hydrogen-bond donors (Lipinski definition) is 0. The first kappa shape index (κ1) is 14.9. The minimum Gasteiger partial charge on any atom is -0.288 e. The SMILES string of the molecule is Cc1csc(C(=O)/C=C/c2cc3ccc(C)cc3nc2Cl)c1. The number of ketones is 1. The molecule has 0 fully saturated rings. The Morgan fingerprint density at radius 1 is 1.18 bits per heavy atom. The summed E-state index contributed by atoms with van der Waals surface area (Å²) in [4.78, 5) is 17.2. The van der Waals surface area contributed by atoms with Gasteiger partial charge in [0.2, 0.25) is 0 Å². The highest BCUT2D eigenvalue weighted by Gasteiger charge is 2.06. The van der Waals surface area contributed by atoms with Crippen molar-refractivity contribution in [1.29, 1.82) is 0 Å². The maximum atomic E-state index is 12.1. The average Bonchev–Trinajstić information content (AvgIpc) is 2.91. The van der Waals surface area contributed by atoms with Gasteiger partial charge < -0.3 is 0 Å². The van der Waals surface area contributed by atoms with E-state index in [1.54, 1.807) is 12.2 Å². The van der Waals surface area contributed by atoms with Gasteiger partial charge >= 0.3 is 0 Å². The van der Waals surface area contributed by atoms with Crippen LogP contribution in [0, 0.1) is 13.8 Å². The first-order chi connectivity index (χ1) is 10.5. The summed E-state index contributed by atoms with van der Waals surface area (Å²) < 4.78 is 0. The van der Waals surface area contributed by atoms with Crippen LogP contribution in [-0.2, 0) is 0 Å². The standard InChI is InChI=1S/C18H14ClNOS/c1-11-3-4-13-9-14(18(19)20-15(13)7-11)5-6-16(21)17-8-12(2)10-22-17/h3-10H,1-2H3/b6-5+. The van der Waals surface area contributed by atoms with Crippen molar-refractivity contribution in [2.45, 2.75) is 13.8 Å². The molecule has 2 nitrogen and oxygen atoms in total. The predicted molar refractivity (Wildman–Crippen MR) is 93.9 cm³/mol. The largest absolute Gasteiger partial charge is 0.288 e. The number of thiophene rings is 1. The maximum Gasteiger partial charge on any atom is 0.195 e. The summed E-state index contributed by atoms with van der Waals surface area (Å²) in [5.74, 6) is -0.0156. The van der Waals surface area contributed by atoms with Gasteiger partial charge in [-0.3, -0.25) is 4.79 Å². The van der Waals surface area contributed by atoms with Crippen LogP contribution in [0.1, 0.15) is 26.4 Å². The maximum absolute atomic E-state index is 12.1. The summed E-state index contributed by atoms with van der Waals surface area (Å²) in [6.45, 7) is 3.99. The molecule has 0 aliphatic carbocycles. The molecule has 0 spiro atoms. The van der Waals surface area contributed by atoms with E-state index in [2.05, 4.69) is 4.98 Å². The normalized spacial score (nSPS) is 11.4. The summed E-state index contributed by atoms with van der Waals surface area (Å²) in [6, 6.07) is 9.88. The van der Waals surface area contributed by atoms with E-state index in [9.17, 15) is 4.79 Å². The lowest BCUT2D eigenvalue weighted by Crippen LogP contribution is -1.90. The van der Waals surface area contributed by atoms with Crippen LogP contribution in [0.25, 0.3) is 17.0 Å². The fraction of sp³-hybridized carbons (Fsp3) is 0.111. The Morgan fingerprint density at radius 3 is 2.73 bits per heavy atom. The number of halogens is 1. The summed E-state index contributed by atoms with van der Waals surface area (Å²) >= 11 is 7.67. The molecule has 2 aromatic heterocycles. The zero-order valence-electron chi connectivity index (χ0n) is 12.3. The zero-order valence-corrected chi connectivity index (χ0v) is 13.8. The van der Waals surface area contributed by atoms with Crippen molar-refractivity contribution in [3.05, 3.63) is 68.5 Å². The third-order valence-corrected chi connectivity index (χ3v) is 4.71. The molecule has 0 atom stereocenters. The molecule has 2 heterocycles. The summed E-state index contributed by atoms with van der Waals surface area (Å²) in [5.41, 5.74) is 3.85. The lowest BCUT2D eigenvalue weighted by Gasteiger charge is -2.03. The van der Waals surface area contributed by atoms with Crippen LogP contribution in [0.3, 0.4) is 0 Å². The van der Waals surface area contributed by atoms with Crippen molar-refractivity contribution in [2.24, 2.45) is 0 Å². The average molecular weight is 328 g/mol. The van der Waals surface area contributed by atoms with Gasteiger partial charge in [0, 0.05) is 10.9 Å². The molecule has 0 saturated heterocycles. The molecule has 4 heteroatoms. The predicted octanol–water partition coefficient (Wildman–Crippen LogP) is 5.46. The lowest BCUT2D eigenvalue weighted by molar-refractivity contribution is 0.105. The fourth-order valence-electron chi connectivity index (χ4n) is 2.19. The molecule has 0 aliphatic heterocycles. The van der Waals surface area contributed by atoms with Crippen LogP contribution < -0.4 is 0 Å². The van der Waals surface area contributed by atoms with Crippen molar-refractivity contribution in [3.63, 3.8) is 0 Å². The molecule has 0 bridgehead atoms. The van der Waals surface area contributed by atoms with Crippen molar-refractivity contribution in [1.82, 2.24) is 4.98 Å². The van der Waals surface area contributed by atoms with E-state index in [4.69, 9.17) is 11.6 Å². The highest BCUT2D eigenvalue weighted by molar-refractivity contribution is 7.12. The Morgan fingerprint density at radius 2 is 2.00 bits per heavy atom. The number of carbonyl (C=O) groups excluding carboxylic acids is 1. The van der Waals surface area contributed by atoms with Crippen molar-refractivity contribution in [2.75, 3.05) is 0 Å². The second-order valence-corrected chi connectivity index (χ2v) is 6.52. The van der Waals surface area contributed by atoms with Crippen LogP contribution in [0.15, 0.2) is 41.8 Å². The number of carbonyl (C=O) groups is 1. The van der Waals surface area contributed by atoms with Gasteiger partial charge in [-0.2, -0.15) is 0 Å². The Hall–Kier alpha value is -1.97. The minimum atomic E-state index is -0.0156. The molecule has 0 N–H and O–H groups in total. The van der Waals surface area contributed by atoms with Crippen LogP contribution in [0.2, 0.25) is 5.15 Å². The molecule has 0 unspecified atom stereocenters. The molecule has 0 radical (unpaired) electrons. The number of allylic oxidation sites excluding steroid dienone is 1. The molecular weight excluding hydrogens is 314 g/mol. The fourth-order valence-corrected chi connectivity index (χ4v) is 3.22. The van der Waals surface area contributed by atoms with E-state index in [-0.39, 0.29) is 5.78 Å². The number of aryl methyl sites for hydroxylation is 2. The molecule has 0 saturated carbocycles. The second kappa shape index (κ2) is 6.03. The Bertz CT molecular complexity index is 895. The Labute approximate surface area is 138 Å². The van der Waals surface area contributed by atoms with E-state index >= 15 is 0 Å². The molecule has 3 rings (SSSR count). The van der Waals surface area contributed by atoms with Gasteiger partial charge in [-0.05, 0) is 60.7 Å². The van der Waals surface area contributed by atoms with Gasteiger partial charge in [0.25, 0.3) is 0 Å². The quantitative estimate of drug-likeness (QED) is 0.363. The highest BCUT2D eigenvalue weighted by Crippen LogP contribution is 2.23. The first-order valence-electron chi connectivity index (χ1n) is 6.87. The van der Waals surface area contributed by atoms with E-state index in [0.29, 0.717) is 5.15 Å². The number of benzene rings is 1. The molecule has 3 aromatic rings. The number of aromatic nitrogens is 1. The number of rotatable bonds is 3. The number of pyridine rings is 1. The second-order valence-electron chi connectivity index (χ2n) is 5.25. The number of fused-ring (bicyclic) bond motifs is 1. The third kappa shape index (κ3) is 3.11. The summed E-state index contributed by atoms with van der Waals surface area (Å²) in [7, 11) is 0. The van der Waals surface area contributed by atoms with E-state index in [1.165, 1.54) is 11.3 Å². The minimum absolute atomic E-state index is 0.0156. The summed E-state index contributed by atoms with van der Waals surface area (Å²) in [6.07, 6.45) is 3.28. The van der Waals surface area contributed by atoms with E-state index in [0.717, 1.165) is 32.5 Å². The van der Waals surface area contributed by atoms with Crippen molar-refractivity contribution in [3.8, 4) is 0 Å². The van der Waals surface area contributed by atoms with Crippen molar-refractivity contribution < 1.29 is 4.79 Å². The molecular formula is C18H14ClNOS. The van der Waals surface area contributed by atoms with Gasteiger partial charge in [0.1, 0.15) is 5.15 Å². The van der Waals surface area contributed by atoms with Gasteiger partial charge in [-0.1, -0.05) is 23.7 Å². The molecule has 0 amide bonds. The van der Waals surface area contributed by atoms with E-state index < -0.39 is 0 Å². The van der Waals surface area contributed by atoms with Crippen LogP contribution in [0.5, 0.6) is 0 Å². The van der Waals surface area contributed by atoms with Crippen LogP contribution in [-0.4, -0.2) is 10.8 Å². The zero-order chi connectivity index (χ0) is 15.7. The van der Waals surface area contributed by atoms with Gasteiger partial charge in [0.05, 0.1) is 10.4 Å². The number of nitrogens with zero attached hydrogens (tertiary/aromatic N) is 1. The van der Waals surface area contributed by atoms with Crippen LogP contribution >= 0.6 is 22.9 Å². The van der Waals surface area contributed by atoms with Gasteiger partial charge in [-0.15, -0.1) is 11.3 Å². The smallest absolute Gasteiger partial charge is 0.195 e. The highest BCUT2D eigenvalue weighted by atomic mass is 35.5. The van der Waals surface area contributed by atoms with Crippen LogP contribution in [0.4, 0.5) is 0 Å².